The van der Waals surface area contributed by atoms with Crippen LogP contribution in [0.4, 0.5) is 0 Å². The normalized spacial score (nSPS) is 11.7. The molecule has 1 aromatic heterocycles. The molecule has 0 saturated carbocycles. The van der Waals surface area contributed by atoms with Gasteiger partial charge >= 0.3 is 5.97 Å². The molecule has 0 radical (unpaired) electrons. The van der Waals surface area contributed by atoms with Gasteiger partial charge < -0.3 is 9.84 Å². The Morgan fingerprint density at radius 2 is 2.29 bits per heavy atom. The van der Waals surface area contributed by atoms with Gasteiger partial charge in [-0.15, -0.1) is 11.3 Å². The summed E-state index contributed by atoms with van der Waals surface area (Å²) in [6.45, 7) is 6.73. The molecule has 0 aliphatic heterocycles. The number of carboxylic acids is 1. The van der Waals surface area contributed by atoms with E-state index in [1.807, 2.05) is 20.8 Å². The van der Waals surface area contributed by atoms with E-state index >= 15 is 0 Å². The predicted molar refractivity (Wildman–Crippen MR) is 69.9 cm³/mol. The molecule has 6 heteroatoms. The molecule has 0 atom stereocenters. The number of aromatic nitrogens is 1. The molecule has 0 bridgehead atoms. The SMILES string of the molecule is CC(C)(C)OCCSc1nc(CC(=O)O)cs1. The fourth-order valence-corrected chi connectivity index (χ4v) is 2.80. The molecule has 1 aromatic rings. The van der Waals surface area contributed by atoms with Gasteiger partial charge in [-0.2, -0.15) is 0 Å². The summed E-state index contributed by atoms with van der Waals surface area (Å²) in [5.41, 5.74) is 0.513. The van der Waals surface area contributed by atoms with E-state index in [1.165, 1.54) is 11.3 Å². The second kappa shape index (κ2) is 6.37. The first-order valence-electron chi connectivity index (χ1n) is 5.30. The lowest BCUT2D eigenvalue weighted by atomic mass is 10.2. The molecule has 4 nitrogen and oxygen atoms in total. The van der Waals surface area contributed by atoms with Crippen molar-refractivity contribution in [2.45, 2.75) is 37.1 Å². The minimum Gasteiger partial charge on any atom is -0.481 e. The number of nitrogens with zero attached hydrogens (tertiary/aromatic N) is 1. The van der Waals surface area contributed by atoms with Crippen LogP contribution < -0.4 is 0 Å². The van der Waals surface area contributed by atoms with Crippen LogP contribution in [0.2, 0.25) is 0 Å². The summed E-state index contributed by atoms with van der Waals surface area (Å²) < 4.78 is 6.49. The maximum atomic E-state index is 10.5. The quantitative estimate of drug-likeness (QED) is 0.639. The van der Waals surface area contributed by atoms with E-state index < -0.39 is 5.97 Å². The maximum absolute atomic E-state index is 10.5. The summed E-state index contributed by atoms with van der Waals surface area (Å²) in [6, 6.07) is 0. The van der Waals surface area contributed by atoms with Crippen LogP contribution in [-0.2, 0) is 16.0 Å². The zero-order valence-corrected chi connectivity index (χ0v) is 11.9. The third-order valence-corrected chi connectivity index (χ3v) is 3.74. The number of hydrogen-bond acceptors (Lipinski definition) is 5. The highest BCUT2D eigenvalue weighted by Gasteiger charge is 2.10. The molecule has 0 saturated heterocycles. The van der Waals surface area contributed by atoms with Gasteiger partial charge in [0.1, 0.15) is 4.34 Å². The lowest BCUT2D eigenvalue weighted by Gasteiger charge is -2.18. The Morgan fingerprint density at radius 3 is 2.88 bits per heavy atom. The third kappa shape index (κ3) is 6.65. The van der Waals surface area contributed by atoms with Crippen LogP contribution in [0.25, 0.3) is 0 Å². The summed E-state index contributed by atoms with van der Waals surface area (Å²) >= 11 is 3.08. The number of carboxylic acid groups (broad SMARTS) is 1. The maximum Gasteiger partial charge on any atom is 0.309 e. The fourth-order valence-electron chi connectivity index (χ4n) is 1.07. The Kier molecular flexibility index (Phi) is 5.42. The highest BCUT2D eigenvalue weighted by molar-refractivity contribution is 8.01. The van der Waals surface area contributed by atoms with Gasteiger partial charge in [0, 0.05) is 11.1 Å². The zero-order valence-electron chi connectivity index (χ0n) is 10.2. The van der Waals surface area contributed by atoms with Gasteiger partial charge in [-0.25, -0.2) is 4.98 Å². The van der Waals surface area contributed by atoms with Gasteiger partial charge in [0.15, 0.2) is 0 Å². The molecule has 17 heavy (non-hydrogen) atoms. The first kappa shape index (κ1) is 14.5. The Labute approximate surface area is 109 Å². The summed E-state index contributed by atoms with van der Waals surface area (Å²) in [4.78, 5) is 14.7. The molecule has 0 unspecified atom stereocenters. The average molecular weight is 275 g/mol. The number of rotatable bonds is 6. The zero-order chi connectivity index (χ0) is 12.9. The van der Waals surface area contributed by atoms with Gasteiger partial charge in [0.05, 0.1) is 24.3 Å². The topological polar surface area (TPSA) is 59.4 Å². The molecule has 0 aliphatic rings. The molecule has 0 aromatic carbocycles. The summed E-state index contributed by atoms with van der Waals surface area (Å²) in [5, 5.41) is 10.4. The number of thioether (sulfide) groups is 1. The van der Waals surface area contributed by atoms with Crippen molar-refractivity contribution in [2.24, 2.45) is 0 Å². The molecule has 0 fully saturated rings. The monoisotopic (exact) mass is 275 g/mol. The van der Waals surface area contributed by atoms with E-state index in [1.54, 1.807) is 17.1 Å². The highest BCUT2D eigenvalue weighted by Crippen LogP contribution is 2.23. The van der Waals surface area contributed by atoms with E-state index in [9.17, 15) is 4.79 Å². The van der Waals surface area contributed by atoms with E-state index in [0.29, 0.717) is 12.3 Å². The Morgan fingerprint density at radius 1 is 1.59 bits per heavy atom. The van der Waals surface area contributed by atoms with E-state index in [4.69, 9.17) is 9.84 Å². The number of carbonyl (C=O) groups is 1. The summed E-state index contributed by atoms with van der Waals surface area (Å²) in [6.07, 6.45) is -0.00441. The Balaban J connectivity index is 2.28. The molecule has 0 spiro atoms. The van der Waals surface area contributed by atoms with E-state index in [2.05, 4.69) is 4.98 Å². The largest absolute Gasteiger partial charge is 0.481 e. The molecule has 1 N–H and O–H groups in total. The standard InChI is InChI=1S/C11H17NO3S2/c1-11(2,3)15-4-5-16-10-12-8(7-17-10)6-9(13)14/h7H,4-6H2,1-3H3,(H,13,14). The fraction of sp³-hybridized carbons (Fsp3) is 0.636. The van der Waals surface area contributed by atoms with Crippen LogP contribution >= 0.6 is 23.1 Å². The number of aliphatic carboxylic acids is 1. The van der Waals surface area contributed by atoms with Crippen molar-refractivity contribution in [1.29, 1.82) is 0 Å². The number of thiazole rings is 1. The Hall–Kier alpha value is -0.590. The molecule has 0 amide bonds. The minimum absolute atomic E-state index is 0.00441. The minimum atomic E-state index is -0.845. The van der Waals surface area contributed by atoms with Crippen molar-refractivity contribution in [1.82, 2.24) is 4.98 Å². The van der Waals surface area contributed by atoms with Gasteiger partial charge in [-0.05, 0) is 20.8 Å². The van der Waals surface area contributed by atoms with Crippen LogP contribution in [0.1, 0.15) is 26.5 Å². The van der Waals surface area contributed by atoms with E-state index in [0.717, 1.165) is 10.1 Å². The summed E-state index contributed by atoms with van der Waals surface area (Å²) in [5.74, 6) is -0.0139. The lowest BCUT2D eigenvalue weighted by Crippen LogP contribution is -2.20. The van der Waals surface area contributed by atoms with Crippen LogP contribution in [-0.4, -0.2) is 34.0 Å². The third-order valence-electron chi connectivity index (χ3n) is 1.71. The van der Waals surface area contributed by atoms with Crippen LogP contribution in [0, 0.1) is 0 Å². The molecule has 0 aliphatic carbocycles. The highest BCUT2D eigenvalue weighted by atomic mass is 32.2. The smallest absolute Gasteiger partial charge is 0.309 e. The van der Waals surface area contributed by atoms with Crippen LogP contribution in [0.15, 0.2) is 9.72 Å². The van der Waals surface area contributed by atoms with Gasteiger partial charge in [0.2, 0.25) is 0 Å². The van der Waals surface area contributed by atoms with Crippen molar-refractivity contribution < 1.29 is 14.6 Å². The van der Waals surface area contributed by atoms with Gasteiger partial charge in [-0.1, -0.05) is 11.8 Å². The van der Waals surface area contributed by atoms with Crippen LogP contribution in [0.3, 0.4) is 0 Å². The molecule has 96 valence electrons. The van der Waals surface area contributed by atoms with E-state index in [-0.39, 0.29) is 12.0 Å². The first-order valence-corrected chi connectivity index (χ1v) is 7.16. The lowest BCUT2D eigenvalue weighted by molar-refractivity contribution is -0.136. The first-order chi connectivity index (χ1) is 7.87. The Bertz CT molecular complexity index is 371. The predicted octanol–water partition coefficient (Wildman–Crippen LogP) is 2.68. The number of ether oxygens (including phenoxy) is 1. The average Bonchev–Trinajstić information content (AvgIpc) is 2.58. The van der Waals surface area contributed by atoms with Gasteiger partial charge in [0.25, 0.3) is 0 Å². The molecule has 1 heterocycles. The van der Waals surface area contributed by atoms with Crippen molar-refractivity contribution in [3.63, 3.8) is 0 Å². The van der Waals surface area contributed by atoms with Gasteiger partial charge in [-0.3, -0.25) is 4.79 Å². The van der Waals surface area contributed by atoms with Crippen molar-refractivity contribution in [2.75, 3.05) is 12.4 Å². The number of hydrogen-bond donors (Lipinski definition) is 1. The van der Waals surface area contributed by atoms with Crippen molar-refractivity contribution in [3.8, 4) is 0 Å². The molecular weight excluding hydrogens is 258 g/mol. The van der Waals surface area contributed by atoms with Crippen molar-refractivity contribution >= 4 is 29.1 Å². The van der Waals surface area contributed by atoms with Crippen LogP contribution in [0.5, 0.6) is 0 Å². The molecule has 1 rings (SSSR count). The second-order valence-corrected chi connectivity index (χ2v) is 6.68. The molecular formula is C11H17NO3S2. The van der Waals surface area contributed by atoms with Crippen molar-refractivity contribution in [3.05, 3.63) is 11.1 Å². The summed E-state index contributed by atoms with van der Waals surface area (Å²) in [7, 11) is 0. The second-order valence-electron chi connectivity index (χ2n) is 4.48.